The lowest BCUT2D eigenvalue weighted by molar-refractivity contribution is -0.383. The zero-order valence-corrected chi connectivity index (χ0v) is 23.8. The smallest absolute Gasteiger partial charge is 0.442 e. The number of aromatic nitrogens is 2. The molecule has 0 saturated heterocycles. The Kier molecular flexibility index (Phi) is 9.71. The summed E-state index contributed by atoms with van der Waals surface area (Å²) in [6.07, 6.45) is 5.15. The molecule has 2 N–H and O–H groups in total. The molecule has 1 aromatic heterocycles. The summed E-state index contributed by atoms with van der Waals surface area (Å²) in [5.74, 6) is 3.17. The highest BCUT2D eigenvalue weighted by Gasteiger charge is 2.24. The first-order chi connectivity index (χ1) is 18.8. The monoisotopic (exact) mass is 604 g/mol. The lowest BCUT2D eigenvalue weighted by Crippen LogP contribution is -2.15. The van der Waals surface area contributed by atoms with Crippen molar-refractivity contribution in [3.63, 3.8) is 0 Å². The Morgan fingerprint density at radius 3 is 2.35 bits per heavy atom. The van der Waals surface area contributed by atoms with E-state index in [1.807, 2.05) is 26.8 Å². The lowest BCUT2D eigenvalue weighted by atomic mass is 9.97. The fourth-order valence-electron chi connectivity index (χ4n) is 3.06. The Labute approximate surface area is 244 Å². The molecule has 0 radical (unpaired) electrons. The summed E-state index contributed by atoms with van der Waals surface area (Å²) >= 11 is 18.1. The van der Waals surface area contributed by atoms with Gasteiger partial charge >= 0.3 is 5.76 Å². The molecule has 40 heavy (non-hydrogen) atoms. The number of nitrogens with zero attached hydrogens (tertiary/aromatic N) is 3. The van der Waals surface area contributed by atoms with E-state index < -0.39 is 16.1 Å². The van der Waals surface area contributed by atoms with Crippen LogP contribution in [-0.4, -0.2) is 21.3 Å². The van der Waals surface area contributed by atoms with Gasteiger partial charge in [-0.2, -0.15) is 4.68 Å². The molecular formula is C27H23Cl3N4O6. The third-order valence-corrected chi connectivity index (χ3v) is 6.01. The summed E-state index contributed by atoms with van der Waals surface area (Å²) in [4.78, 5) is 22.1. The van der Waals surface area contributed by atoms with Crippen LogP contribution in [0.4, 0.5) is 11.4 Å². The standard InChI is InChI=1S/C15H14Cl2N2O3.C12H9ClN2O3/c1-5-6-21-12-8-11(9(16)7-10(12)17)19-14(20)22-13(18-19)15(2,3)4;13-11-10(18-8-4-2-1-3-5-8)7-6-9(12(11)14)15(16)17/h1,7-8H,6H2,2-4H3;1-7H,14H2. The minimum absolute atomic E-state index is 0.0352. The summed E-state index contributed by atoms with van der Waals surface area (Å²) < 4.78 is 17.0. The summed E-state index contributed by atoms with van der Waals surface area (Å²) in [5, 5.41) is 15.4. The molecule has 3 aromatic carbocycles. The maximum absolute atomic E-state index is 12.0. The van der Waals surface area contributed by atoms with E-state index in [2.05, 4.69) is 11.0 Å². The Hall–Kier alpha value is -4.17. The van der Waals surface area contributed by atoms with Crippen molar-refractivity contribution in [3.05, 3.63) is 96.2 Å². The van der Waals surface area contributed by atoms with Crippen LogP contribution in [0.3, 0.4) is 0 Å². The molecule has 0 atom stereocenters. The summed E-state index contributed by atoms with van der Waals surface area (Å²) in [5.41, 5.74) is 5.14. The molecule has 0 unspecified atom stereocenters. The number of rotatable bonds is 6. The quantitative estimate of drug-likeness (QED) is 0.107. The molecule has 0 bridgehead atoms. The van der Waals surface area contributed by atoms with Gasteiger partial charge in [-0.15, -0.1) is 11.5 Å². The van der Waals surface area contributed by atoms with Gasteiger partial charge in [0.2, 0.25) is 5.89 Å². The molecule has 208 valence electrons. The van der Waals surface area contributed by atoms with Crippen LogP contribution in [0.1, 0.15) is 26.7 Å². The van der Waals surface area contributed by atoms with Crippen LogP contribution in [0.25, 0.3) is 5.69 Å². The lowest BCUT2D eigenvalue weighted by Gasteiger charge is -2.11. The van der Waals surface area contributed by atoms with Gasteiger partial charge in [-0.1, -0.05) is 79.7 Å². The number of hydrogen-bond donors (Lipinski definition) is 1. The molecule has 0 saturated carbocycles. The van der Waals surface area contributed by atoms with E-state index in [-0.39, 0.29) is 38.8 Å². The molecule has 10 nitrogen and oxygen atoms in total. The van der Waals surface area contributed by atoms with E-state index in [4.69, 9.17) is 60.9 Å². The minimum atomic E-state index is -0.642. The van der Waals surface area contributed by atoms with E-state index in [0.717, 1.165) is 4.68 Å². The predicted octanol–water partition coefficient (Wildman–Crippen LogP) is 7.06. The van der Waals surface area contributed by atoms with E-state index in [0.29, 0.717) is 23.1 Å². The number of nitro benzene ring substituents is 1. The van der Waals surface area contributed by atoms with Gasteiger partial charge in [0.25, 0.3) is 5.69 Å². The second-order valence-electron chi connectivity index (χ2n) is 9.04. The maximum atomic E-state index is 12.0. The van der Waals surface area contributed by atoms with Crippen LogP contribution < -0.4 is 21.0 Å². The van der Waals surface area contributed by atoms with Crippen molar-refractivity contribution in [3.8, 4) is 35.3 Å². The van der Waals surface area contributed by atoms with E-state index in [1.165, 1.54) is 24.3 Å². The summed E-state index contributed by atoms with van der Waals surface area (Å²) in [7, 11) is 0. The number of anilines is 1. The van der Waals surface area contributed by atoms with Gasteiger partial charge in [-0.05, 0) is 24.3 Å². The van der Waals surface area contributed by atoms with E-state index in [1.54, 1.807) is 24.3 Å². The van der Waals surface area contributed by atoms with Gasteiger partial charge in [-0.3, -0.25) is 10.1 Å². The number of nitro groups is 1. The Bertz CT molecular complexity index is 1620. The van der Waals surface area contributed by atoms with Crippen molar-refractivity contribution in [1.82, 2.24) is 9.78 Å². The average molecular weight is 606 g/mol. The first-order valence-corrected chi connectivity index (χ1v) is 12.6. The zero-order valence-electron chi connectivity index (χ0n) is 21.5. The molecule has 0 aliphatic heterocycles. The zero-order chi connectivity index (χ0) is 29.6. The van der Waals surface area contributed by atoms with Gasteiger partial charge < -0.3 is 19.6 Å². The van der Waals surface area contributed by atoms with Crippen molar-refractivity contribution in [1.29, 1.82) is 0 Å². The fraction of sp³-hybridized carbons (Fsp3) is 0.185. The number of para-hydroxylation sites is 1. The van der Waals surface area contributed by atoms with Crippen molar-refractivity contribution in [2.75, 3.05) is 12.3 Å². The molecule has 0 amide bonds. The Morgan fingerprint density at radius 1 is 1.10 bits per heavy atom. The average Bonchev–Trinajstić information content (AvgIpc) is 3.29. The predicted molar refractivity (Wildman–Crippen MR) is 154 cm³/mol. The van der Waals surface area contributed by atoms with Crippen molar-refractivity contribution >= 4 is 46.2 Å². The first-order valence-electron chi connectivity index (χ1n) is 11.4. The second kappa shape index (κ2) is 12.8. The van der Waals surface area contributed by atoms with Gasteiger partial charge in [0.05, 0.1) is 20.7 Å². The number of benzene rings is 3. The van der Waals surface area contributed by atoms with E-state index in [9.17, 15) is 14.9 Å². The van der Waals surface area contributed by atoms with Crippen molar-refractivity contribution < 1.29 is 18.8 Å². The third kappa shape index (κ3) is 7.27. The van der Waals surface area contributed by atoms with Crippen LogP contribution in [0.2, 0.25) is 15.1 Å². The molecular weight excluding hydrogens is 583 g/mol. The number of nitrogens with two attached hydrogens (primary N) is 1. The van der Waals surface area contributed by atoms with Crippen LogP contribution in [0, 0.1) is 22.5 Å². The topological polar surface area (TPSA) is 136 Å². The molecule has 0 spiro atoms. The first kappa shape index (κ1) is 30.4. The molecule has 1 heterocycles. The van der Waals surface area contributed by atoms with E-state index >= 15 is 0 Å². The van der Waals surface area contributed by atoms with Gasteiger partial charge in [0.1, 0.15) is 34.6 Å². The number of nitrogen functional groups attached to an aromatic ring is 1. The Balaban J connectivity index is 0.000000225. The van der Waals surface area contributed by atoms with Crippen LogP contribution in [0.5, 0.6) is 17.2 Å². The van der Waals surface area contributed by atoms with Gasteiger partial charge in [0.15, 0.2) is 0 Å². The molecule has 4 aromatic rings. The second-order valence-corrected chi connectivity index (χ2v) is 10.2. The SMILES string of the molecule is C#CCOc1cc(-n2nc(C(C)(C)C)oc2=O)c(Cl)cc1Cl.Nc1c([N+](=O)[O-])ccc(Oc2ccccc2)c1Cl. The van der Waals surface area contributed by atoms with Crippen LogP contribution in [-0.2, 0) is 5.41 Å². The number of terminal acetylenes is 1. The number of ether oxygens (including phenoxy) is 2. The molecule has 0 fully saturated rings. The van der Waals surface area contributed by atoms with Crippen LogP contribution in [0.15, 0.2) is 63.8 Å². The highest BCUT2D eigenvalue weighted by atomic mass is 35.5. The summed E-state index contributed by atoms with van der Waals surface area (Å²) in [6.45, 7) is 5.69. The summed E-state index contributed by atoms with van der Waals surface area (Å²) in [6, 6.07) is 14.6. The number of halogens is 3. The third-order valence-electron chi connectivity index (χ3n) is 5.02. The van der Waals surface area contributed by atoms with Gasteiger partial charge in [0, 0.05) is 17.5 Å². The highest BCUT2D eigenvalue weighted by molar-refractivity contribution is 6.36. The van der Waals surface area contributed by atoms with Crippen molar-refractivity contribution in [2.24, 2.45) is 0 Å². The Morgan fingerprint density at radius 2 is 1.77 bits per heavy atom. The molecule has 4 rings (SSSR count). The fourth-order valence-corrected chi connectivity index (χ4v) is 3.78. The normalized spacial score (nSPS) is 10.7. The molecule has 0 aliphatic carbocycles. The van der Waals surface area contributed by atoms with Crippen molar-refractivity contribution in [2.45, 2.75) is 26.2 Å². The largest absolute Gasteiger partial charge is 0.479 e. The van der Waals surface area contributed by atoms with Crippen LogP contribution >= 0.6 is 34.8 Å². The molecule has 13 heteroatoms. The minimum Gasteiger partial charge on any atom is -0.479 e. The van der Waals surface area contributed by atoms with Gasteiger partial charge in [-0.25, -0.2) is 4.79 Å². The maximum Gasteiger partial charge on any atom is 0.442 e. The molecule has 0 aliphatic rings. The highest BCUT2D eigenvalue weighted by Crippen LogP contribution is 2.39. The number of hydrogen-bond acceptors (Lipinski definition) is 8.